The van der Waals surface area contributed by atoms with Crippen molar-refractivity contribution >= 4 is 5.97 Å². The highest BCUT2D eigenvalue weighted by Crippen LogP contribution is 2.55. The van der Waals surface area contributed by atoms with Gasteiger partial charge < -0.3 is 9.84 Å². The monoisotopic (exact) mass is 226 g/mol. The number of ether oxygens (including phenoxy) is 1. The molecule has 0 heterocycles. The van der Waals surface area contributed by atoms with Crippen molar-refractivity contribution in [2.75, 3.05) is 7.11 Å². The minimum Gasteiger partial charge on any atom is -0.469 e. The molecule has 92 valence electrons. The van der Waals surface area contributed by atoms with Gasteiger partial charge in [-0.2, -0.15) is 0 Å². The lowest BCUT2D eigenvalue weighted by molar-refractivity contribution is -0.195. The van der Waals surface area contributed by atoms with Gasteiger partial charge in [0, 0.05) is 0 Å². The van der Waals surface area contributed by atoms with E-state index in [1.807, 2.05) is 0 Å². The highest BCUT2D eigenvalue weighted by molar-refractivity contribution is 5.79. The van der Waals surface area contributed by atoms with Crippen molar-refractivity contribution in [3.63, 3.8) is 0 Å². The maximum Gasteiger partial charge on any atom is 0.314 e. The normalized spacial score (nSPS) is 37.6. The summed E-state index contributed by atoms with van der Waals surface area (Å²) < 4.78 is 4.90. The molecule has 0 aliphatic heterocycles. The number of hydrogen-bond donors (Lipinski definition) is 1. The van der Waals surface area contributed by atoms with Gasteiger partial charge >= 0.3 is 5.97 Å². The zero-order valence-electron chi connectivity index (χ0n) is 10.3. The second-order valence-electron chi connectivity index (χ2n) is 5.64. The molecule has 0 aromatic carbocycles. The Morgan fingerprint density at radius 3 is 2.19 bits per heavy atom. The van der Waals surface area contributed by atoms with Crippen LogP contribution in [0.25, 0.3) is 0 Å². The van der Waals surface area contributed by atoms with E-state index in [0.29, 0.717) is 5.92 Å². The molecule has 16 heavy (non-hydrogen) atoms. The Bertz CT molecular complexity index is 273. The fraction of sp³-hybridized carbons (Fsp3) is 0.923. The number of methoxy groups -OCH3 is 1. The molecule has 0 atom stereocenters. The lowest BCUT2D eigenvalue weighted by Crippen LogP contribution is -2.58. The van der Waals surface area contributed by atoms with Crippen molar-refractivity contribution in [1.29, 1.82) is 0 Å². The fourth-order valence-electron chi connectivity index (χ4n) is 3.30. The Morgan fingerprint density at radius 1 is 1.25 bits per heavy atom. The number of aliphatic hydroxyl groups is 1. The van der Waals surface area contributed by atoms with Crippen LogP contribution in [-0.2, 0) is 9.53 Å². The van der Waals surface area contributed by atoms with Gasteiger partial charge in [-0.25, -0.2) is 0 Å². The lowest BCUT2D eigenvalue weighted by atomic mass is 9.54. The highest BCUT2D eigenvalue weighted by atomic mass is 16.5. The summed E-state index contributed by atoms with van der Waals surface area (Å²) in [7, 11) is 1.43. The zero-order chi connectivity index (χ0) is 11.8. The first-order chi connectivity index (χ1) is 7.54. The summed E-state index contributed by atoms with van der Waals surface area (Å²) in [5.41, 5.74) is -1.38. The third-order valence-corrected chi connectivity index (χ3v) is 4.78. The van der Waals surface area contributed by atoms with Crippen LogP contribution in [-0.4, -0.2) is 23.8 Å². The highest BCUT2D eigenvalue weighted by Gasteiger charge is 2.60. The van der Waals surface area contributed by atoms with Gasteiger partial charge in [0.15, 0.2) is 0 Å². The zero-order valence-corrected chi connectivity index (χ0v) is 10.3. The van der Waals surface area contributed by atoms with Gasteiger partial charge in [-0.1, -0.05) is 13.3 Å². The summed E-state index contributed by atoms with van der Waals surface area (Å²) in [6, 6.07) is 0. The molecule has 2 saturated carbocycles. The van der Waals surface area contributed by atoms with Crippen LogP contribution in [0.15, 0.2) is 0 Å². The molecule has 0 saturated heterocycles. The molecule has 3 nitrogen and oxygen atoms in total. The molecular formula is C13H22O3. The number of hydrogen-bond acceptors (Lipinski definition) is 3. The van der Waals surface area contributed by atoms with Crippen LogP contribution >= 0.6 is 0 Å². The molecule has 2 aliphatic carbocycles. The topological polar surface area (TPSA) is 46.5 Å². The number of carbonyl (C=O) groups excluding carboxylic acids is 1. The second kappa shape index (κ2) is 4.02. The summed E-state index contributed by atoms with van der Waals surface area (Å²) in [6.45, 7) is 2.21. The van der Waals surface area contributed by atoms with Crippen LogP contribution in [0.4, 0.5) is 0 Å². The molecule has 2 aliphatic rings. The van der Waals surface area contributed by atoms with Gasteiger partial charge in [-0.15, -0.1) is 0 Å². The molecule has 0 radical (unpaired) electrons. The first-order valence-corrected chi connectivity index (χ1v) is 6.35. The standard InChI is InChI=1S/C13H22O3/c1-10-4-8-13(15,9-5-10)12(6-3-7-12)11(14)16-2/h10,15H,3-9H2,1-2H3. The minimum atomic E-state index is -0.801. The molecule has 0 aromatic rings. The van der Waals surface area contributed by atoms with E-state index >= 15 is 0 Å². The Kier molecular flexibility index (Phi) is 2.99. The number of carbonyl (C=O) groups is 1. The molecule has 2 rings (SSSR count). The van der Waals surface area contributed by atoms with Crippen molar-refractivity contribution in [3.05, 3.63) is 0 Å². The van der Waals surface area contributed by atoms with E-state index in [2.05, 4.69) is 6.92 Å². The van der Waals surface area contributed by atoms with E-state index in [4.69, 9.17) is 4.74 Å². The maximum absolute atomic E-state index is 11.9. The van der Waals surface area contributed by atoms with Gasteiger partial charge in [0.05, 0.1) is 18.1 Å². The largest absolute Gasteiger partial charge is 0.469 e. The Morgan fingerprint density at radius 2 is 1.81 bits per heavy atom. The van der Waals surface area contributed by atoms with Gasteiger partial charge in [-0.3, -0.25) is 4.79 Å². The number of esters is 1. The van der Waals surface area contributed by atoms with Crippen LogP contribution in [0.1, 0.15) is 51.9 Å². The quantitative estimate of drug-likeness (QED) is 0.735. The van der Waals surface area contributed by atoms with E-state index in [1.165, 1.54) is 7.11 Å². The van der Waals surface area contributed by atoms with Crippen LogP contribution in [0.5, 0.6) is 0 Å². The summed E-state index contributed by atoms with van der Waals surface area (Å²) in [6.07, 6.45) is 6.18. The molecule has 3 heteroatoms. The molecule has 0 spiro atoms. The van der Waals surface area contributed by atoms with Crippen LogP contribution < -0.4 is 0 Å². The van der Waals surface area contributed by atoms with Gasteiger partial charge in [0.1, 0.15) is 0 Å². The molecule has 1 N–H and O–H groups in total. The third-order valence-electron chi connectivity index (χ3n) is 4.78. The Hall–Kier alpha value is -0.570. The molecule has 0 amide bonds. The molecular weight excluding hydrogens is 204 g/mol. The summed E-state index contributed by atoms with van der Waals surface area (Å²) in [5.74, 6) is 0.478. The Balaban J connectivity index is 2.17. The van der Waals surface area contributed by atoms with E-state index in [9.17, 15) is 9.90 Å². The SMILES string of the molecule is COC(=O)C1(C2(O)CCC(C)CC2)CCC1. The van der Waals surface area contributed by atoms with Crippen LogP contribution in [0, 0.1) is 11.3 Å². The van der Waals surface area contributed by atoms with Crippen molar-refractivity contribution in [2.45, 2.75) is 57.5 Å². The van der Waals surface area contributed by atoms with Crippen molar-refractivity contribution < 1.29 is 14.6 Å². The summed E-state index contributed by atoms with van der Waals surface area (Å²) in [4.78, 5) is 11.9. The van der Waals surface area contributed by atoms with Gasteiger partial charge in [0.25, 0.3) is 0 Å². The van der Waals surface area contributed by atoms with Crippen molar-refractivity contribution in [2.24, 2.45) is 11.3 Å². The first kappa shape index (κ1) is 11.9. The van der Waals surface area contributed by atoms with Crippen LogP contribution in [0.3, 0.4) is 0 Å². The second-order valence-corrected chi connectivity index (χ2v) is 5.64. The third kappa shape index (κ3) is 1.56. The minimum absolute atomic E-state index is 0.198. The summed E-state index contributed by atoms with van der Waals surface area (Å²) in [5, 5.41) is 10.8. The average Bonchev–Trinajstić information content (AvgIpc) is 2.21. The van der Waals surface area contributed by atoms with Crippen molar-refractivity contribution in [3.8, 4) is 0 Å². The maximum atomic E-state index is 11.9. The molecule has 2 fully saturated rings. The van der Waals surface area contributed by atoms with Crippen LogP contribution in [0.2, 0.25) is 0 Å². The van der Waals surface area contributed by atoms with Gasteiger partial charge in [-0.05, 0) is 44.4 Å². The Labute approximate surface area is 97.2 Å². The van der Waals surface area contributed by atoms with Gasteiger partial charge in [0.2, 0.25) is 0 Å². The lowest BCUT2D eigenvalue weighted by Gasteiger charge is -2.53. The smallest absolute Gasteiger partial charge is 0.314 e. The van der Waals surface area contributed by atoms with E-state index in [0.717, 1.165) is 44.9 Å². The summed E-state index contributed by atoms with van der Waals surface area (Å²) >= 11 is 0. The molecule has 0 aromatic heterocycles. The number of rotatable bonds is 2. The van der Waals surface area contributed by atoms with E-state index in [1.54, 1.807) is 0 Å². The van der Waals surface area contributed by atoms with Crippen molar-refractivity contribution in [1.82, 2.24) is 0 Å². The first-order valence-electron chi connectivity index (χ1n) is 6.35. The predicted molar refractivity (Wildman–Crippen MR) is 60.9 cm³/mol. The molecule has 0 bridgehead atoms. The predicted octanol–water partition coefficient (Wildman–Crippen LogP) is 2.27. The fourth-order valence-corrected chi connectivity index (χ4v) is 3.30. The molecule has 0 unspecified atom stereocenters. The van der Waals surface area contributed by atoms with E-state index < -0.39 is 11.0 Å². The van der Waals surface area contributed by atoms with E-state index in [-0.39, 0.29) is 5.97 Å². The average molecular weight is 226 g/mol.